The van der Waals surface area contributed by atoms with E-state index in [1.165, 1.54) is 42.0 Å². The number of carbonyl (C=O) groups is 1. The summed E-state index contributed by atoms with van der Waals surface area (Å²) in [5.74, 6) is 0.253. The van der Waals surface area contributed by atoms with Gasteiger partial charge in [-0.15, -0.1) is 0 Å². The summed E-state index contributed by atoms with van der Waals surface area (Å²) in [6.45, 7) is 0.209. The minimum atomic E-state index is -3.78. The molecule has 0 spiro atoms. The van der Waals surface area contributed by atoms with E-state index in [2.05, 4.69) is 5.32 Å². The smallest absolute Gasteiger partial charge is 0.244 e. The summed E-state index contributed by atoms with van der Waals surface area (Å²) in [6.07, 6.45) is 6.51. The van der Waals surface area contributed by atoms with Gasteiger partial charge in [-0.3, -0.25) is 4.79 Å². The zero-order valence-corrected chi connectivity index (χ0v) is 17.6. The van der Waals surface area contributed by atoms with Crippen LogP contribution in [-0.4, -0.2) is 31.7 Å². The Kier molecular flexibility index (Phi) is 5.74. The van der Waals surface area contributed by atoms with Gasteiger partial charge in [0.2, 0.25) is 15.9 Å². The average Bonchev–Trinajstić information content (AvgIpc) is 2.78. The lowest BCUT2D eigenvalue weighted by Crippen LogP contribution is -2.51. The van der Waals surface area contributed by atoms with Crippen molar-refractivity contribution in [2.24, 2.45) is 0 Å². The molecular weight excluding hydrogens is 384 g/mol. The molecule has 1 saturated carbocycles. The van der Waals surface area contributed by atoms with Gasteiger partial charge in [-0.25, -0.2) is 8.42 Å². The van der Waals surface area contributed by atoms with Gasteiger partial charge in [0.1, 0.15) is 6.04 Å². The Labute approximate surface area is 173 Å². The Hall–Kier alpha value is -2.18. The highest BCUT2D eigenvalue weighted by molar-refractivity contribution is 7.89. The van der Waals surface area contributed by atoms with Crippen LogP contribution in [0, 0.1) is 0 Å². The maximum atomic E-state index is 13.5. The Morgan fingerprint density at radius 3 is 2.28 bits per heavy atom. The van der Waals surface area contributed by atoms with Crippen molar-refractivity contribution < 1.29 is 13.2 Å². The largest absolute Gasteiger partial charge is 0.358 e. The van der Waals surface area contributed by atoms with E-state index in [1.807, 2.05) is 36.4 Å². The summed E-state index contributed by atoms with van der Waals surface area (Å²) in [6, 6.07) is 14.3. The molecule has 0 unspecified atom stereocenters. The fourth-order valence-electron chi connectivity index (χ4n) is 4.62. The van der Waals surface area contributed by atoms with Crippen molar-refractivity contribution in [1.29, 1.82) is 0 Å². The van der Waals surface area contributed by atoms with E-state index in [4.69, 9.17) is 0 Å². The normalized spacial score (nSPS) is 20.8. The number of nitrogens with zero attached hydrogens (tertiary/aromatic N) is 1. The zero-order valence-electron chi connectivity index (χ0n) is 16.8. The number of benzene rings is 2. The summed E-state index contributed by atoms with van der Waals surface area (Å²) < 4.78 is 28.3. The van der Waals surface area contributed by atoms with Gasteiger partial charge < -0.3 is 5.32 Å². The molecule has 0 saturated heterocycles. The predicted octanol–water partition coefficient (Wildman–Crippen LogP) is 3.60. The number of carbonyl (C=O) groups excluding carboxylic acids is 1. The van der Waals surface area contributed by atoms with Crippen LogP contribution in [-0.2, 0) is 27.8 Å². The zero-order chi connectivity index (χ0) is 20.4. The third-order valence-electron chi connectivity index (χ3n) is 6.32. The number of likely N-dealkylation sites (N-methyl/N-ethyl adjacent to an activating group) is 1. The number of amides is 1. The minimum absolute atomic E-state index is 0.209. The molecule has 0 radical (unpaired) electrons. The number of sulfonamides is 1. The van der Waals surface area contributed by atoms with Crippen LogP contribution in [0.2, 0.25) is 0 Å². The summed E-state index contributed by atoms with van der Waals surface area (Å²) >= 11 is 0. The van der Waals surface area contributed by atoms with Crippen molar-refractivity contribution in [2.45, 2.75) is 61.9 Å². The van der Waals surface area contributed by atoms with E-state index in [0.29, 0.717) is 12.3 Å². The maximum Gasteiger partial charge on any atom is 0.244 e. The average molecular weight is 413 g/mol. The van der Waals surface area contributed by atoms with Gasteiger partial charge in [0.25, 0.3) is 0 Å². The third-order valence-corrected chi connectivity index (χ3v) is 8.19. The van der Waals surface area contributed by atoms with Gasteiger partial charge in [0.15, 0.2) is 0 Å². The SMILES string of the molecule is CNC(=O)[C@@H]1Cc2ccccc2CN1S(=O)(=O)c1ccc(C2CCCCC2)cc1. The second-order valence-electron chi connectivity index (χ2n) is 8.06. The van der Waals surface area contributed by atoms with Crippen molar-refractivity contribution in [3.8, 4) is 0 Å². The topological polar surface area (TPSA) is 66.5 Å². The van der Waals surface area contributed by atoms with Crippen molar-refractivity contribution in [2.75, 3.05) is 7.05 Å². The standard InChI is InChI=1S/C23H28N2O3S/c1-24-23(26)22-15-19-9-5-6-10-20(19)16-25(22)29(27,28)21-13-11-18(12-14-21)17-7-3-2-4-8-17/h5-6,9-14,17,22H,2-4,7-8,15-16H2,1H3,(H,24,26)/t22-/m0/s1. The molecule has 154 valence electrons. The Morgan fingerprint density at radius 1 is 0.966 bits per heavy atom. The molecular formula is C23H28N2O3S. The summed E-state index contributed by atoms with van der Waals surface area (Å²) in [5, 5.41) is 2.63. The van der Waals surface area contributed by atoms with Crippen LogP contribution >= 0.6 is 0 Å². The van der Waals surface area contributed by atoms with Gasteiger partial charge in [0, 0.05) is 13.6 Å². The van der Waals surface area contributed by atoms with E-state index in [1.54, 1.807) is 19.2 Å². The van der Waals surface area contributed by atoms with Gasteiger partial charge >= 0.3 is 0 Å². The molecule has 5 nitrogen and oxygen atoms in total. The van der Waals surface area contributed by atoms with Gasteiger partial charge in [-0.05, 0) is 54.0 Å². The Balaban J connectivity index is 1.64. The molecule has 6 heteroatoms. The molecule has 1 heterocycles. The second-order valence-corrected chi connectivity index (χ2v) is 9.95. The molecule has 1 aliphatic heterocycles. The molecule has 0 bridgehead atoms. The molecule has 1 atom stereocenters. The van der Waals surface area contributed by atoms with Crippen LogP contribution in [0.3, 0.4) is 0 Å². The lowest BCUT2D eigenvalue weighted by molar-refractivity contribution is -0.124. The molecule has 2 aromatic rings. The van der Waals surface area contributed by atoms with Gasteiger partial charge in [-0.2, -0.15) is 4.31 Å². The van der Waals surface area contributed by atoms with Crippen LogP contribution in [0.25, 0.3) is 0 Å². The fraction of sp³-hybridized carbons (Fsp3) is 0.435. The predicted molar refractivity (Wildman–Crippen MR) is 113 cm³/mol. The first-order valence-electron chi connectivity index (χ1n) is 10.4. The second kappa shape index (κ2) is 8.28. The summed E-state index contributed by atoms with van der Waals surface area (Å²) in [7, 11) is -2.24. The van der Waals surface area contributed by atoms with Crippen LogP contribution in [0.1, 0.15) is 54.7 Å². The molecule has 0 aromatic heterocycles. The highest BCUT2D eigenvalue weighted by atomic mass is 32.2. The highest BCUT2D eigenvalue weighted by Crippen LogP contribution is 2.34. The third kappa shape index (κ3) is 3.96. The molecule has 1 aliphatic carbocycles. The lowest BCUT2D eigenvalue weighted by Gasteiger charge is -2.34. The minimum Gasteiger partial charge on any atom is -0.358 e. The molecule has 2 aliphatic rings. The Morgan fingerprint density at radius 2 is 1.62 bits per heavy atom. The number of rotatable bonds is 4. The maximum absolute atomic E-state index is 13.5. The van der Waals surface area contributed by atoms with Crippen molar-refractivity contribution in [3.05, 3.63) is 65.2 Å². The van der Waals surface area contributed by atoms with Crippen LogP contribution < -0.4 is 5.32 Å². The highest BCUT2D eigenvalue weighted by Gasteiger charge is 2.39. The number of fused-ring (bicyclic) bond motifs is 1. The quantitative estimate of drug-likeness (QED) is 0.834. The van der Waals surface area contributed by atoms with Crippen molar-refractivity contribution in [1.82, 2.24) is 9.62 Å². The summed E-state index contributed by atoms with van der Waals surface area (Å²) in [4.78, 5) is 12.8. The van der Waals surface area contributed by atoms with E-state index in [9.17, 15) is 13.2 Å². The summed E-state index contributed by atoms with van der Waals surface area (Å²) in [5.41, 5.74) is 3.20. The first-order valence-corrected chi connectivity index (χ1v) is 11.8. The van der Waals surface area contributed by atoms with E-state index in [0.717, 1.165) is 11.1 Å². The molecule has 1 amide bonds. The Bertz CT molecular complexity index is 979. The molecule has 1 N–H and O–H groups in total. The van der Waals surface area contributed by atoms with E-state index >= 15 is 0 Å². The van der Waals surface area contributed by atoms with Crippen molar-refractivity contribution in [3.63, 3.8) is 0 Å². The number of hydrogen-bond donors (Lipinski definition) is 1. The molecule has 1 fully saturated rings. The number of nitrogens with one attached hydrogen (secondary N) is 1. The van der Waals surface area contributed by atoms with Gasteiger partial charge in [0.05, 0.1) is 4.90 Å². The molecule has 4 rings (SSSR count). The van der Waals surface area contributed by atoms with E-state index in [-0.39, 0.29) is 17.3 Å². The first-order chi connectivity index (χ1) is 14.0. The van der Waals surface area contributed by atoms with Crippen LogP contribution in [0.15, 0.2) is 53.4 Å². The van der Waals surface area contributed by atoms with E-state index < -0.39 is 16.1 Å². The van der Waals surface area contributed by atoms with Gasteiger partial charge in [-0.1, -0.05) is 55.7 Å². The van der Waals surface area contributed by atoms with Crippen molar-refractivity contribution >= 4 is 15.9 Å². The first kappa shape index (κ1) is 20.1. The lowest BCUT2D eigenvalue weighted by atomic mass is 9.84. The molecule has 29 heavy (non-hydrogen) atoms. The van der Waals surface area contributed by atoms with Crippen LogP contribution in [0.5, 0.6) is 0 Å². The number of hydrogen-bond acceptors (Lipinski definition) is 3. The monoisotopic (exact) mass is 412 g/mol. The molecule has 2 aromatic carbocycles. The fourth-order valence-corrected chi connectivity index (χ4v) is 6.19. The van der Waals surface area contributed by atoms with Crippen LogP contribution in [0.4, 0.5) is 0 Å².